The molecule has 0 heterocycles. The zero-order chi connectivity index (χ0) is 16.0. The normalized spacial score (nSPS) is 15.1. The summed E-state index contributed by atoms with van der Waals surface area (Å²) in [5, 5.41) is 3.46. The highest BCUT2D eigenvalue weighted by Crippen LogP contribution is 2.28. The SMILES string of the molecule is CCNC(C)C(c1ccc(S(=O)(=O)NCC)cc1)C(C)C. The number of rotatable bonds is 8. The topological polar surface area (TPSA) is 58.2 Å². The molecule has 0 saturated carbocycles. The molecule has 0 spiro atoms. The number of likely N-dealkylation sites (N-methyl/N-ethyl adjacent to an activating group) is 1. The van der Waals surface area contributed by atoms with Crippen molar-refractivity contribution in [3.8, 4) is 0 Å². The Balaban J connectivity index is 3.03. The quantitative estimate of drug-likeness (QED) is 0.776. The van der Waals surface area contributed by atoms with Crippen LogP contribution in [0.1, 0.15) is 46.1 Å². The second-order valence-corrected chi connectivity index (χ2v) is 7.45. The second kappa shape index (κ2) is 7.92. The molecule has 120 valence electrons. The van der Waals surface area contributed by atoms with Crippen molar-refractivity contribution in [2.24, 2.45) is 5.92 Å². The van der Waals surface area contributed by atoms with Gasteiger partial charge < -0.3 is 5.32 Å². The van der Waals surface area contributed by atoms with Crippen LogP contribution in [0.15, 0.2) is 29.2 Å². The van der Waals surface area contributed by atoms with Gasteiger partial charge in [-0.2, -0.15) is 0 Å². The molecule has 2 atom stereocenters. The Morgan fingerprint density at radius 2 is 1.57 bits per heavy atom. The van der Waals surface area contributed by atoms with Crippen LogP contribution in [-0.2, 0) is 10.0 Å². The molecule has 0 bridgehead atoms. The molecule has 21 heavy (non-hydrogen) atoms. The second-order valence-electron chi connectivity index (χ2n) is 5.69. The molecular weight excluding hydrogens is 284 g/mol. The van der Waals surface area contributed by atoms with Gasteiger partial charge >= 0.3 is 0 Å². The van der Waals surface area contributed by atoms with Crippen LogP contribution in [0.5, 0.6) is 0 Å². The molecule has 2 N–H and O–H groups in total. The zero-order valence-electron chi connectivity index (χ0n) is 13.7. The van der Waals surface area contributed by atoms with Crippen molar-refractivity contribution < 1.29 is 8.42 Å². The summed E-state index contributed by atoms with van der Waals surface area (Å²) >= 11 is 0. The van der Waals surface area contributed by atoms with E-state index in [1.807, 2.05) is 12.1 Å². The molecule has 0 aliphatic rings. The lowest BCUT2D eigenvalue weighted by molar-refractivity contribution is 0.383. The average Bonchev–Trinajstić information content (AvgIpc) is 2.39. The van der Waals surface area contributed by atoms with E-state index < -0.39 is 10.0 Å². The summed E-state index contributed by atoms with van der Waals surface area (Å²) in [6, 6.07) is 7.61. The minimum Gasteiger partial charge on any atom is -0.314 e. The van der Waals surface area contributed by atoms with Crippen LogP contribution in [0.25, 0.3) is 0 Å². The van der Waals surface area contributed by atoms with Crippen molar-refractivity contribution in [2.45, 2.75) is 51.5 Å². The number of benzene rings is 1. The van der Waals surface area contributed by atoms with E-state index in [-0.39, 0.29) is 0 Å². The van der Waals surface area contributed by atoms with E-state index in [0.29, 0.717) is 29.3 Å². The van der Waals surface area contributed by atoms with E-state index in [0.717, 1.165) is 6.54 Å². The minimum absolute atomic E-state index is 0.326. The van der Waals surface area contributed by atoms with Crippen molar-refractivity contribution in [1.29, 1.82) is 0 Å². The van der Waals surface area contributed by atoms with Gasteiger partial charge in [0, 0.05) is 18.5 Å². The number of hydrogen-bond donors (Lipinski definition) is 2. The number of nitrogens with one attached hydrogen (secondary N) is 2. The maximum Gasteiger partial charge on any atom is 0.240 e. The third kappa shape index (κ3) is 4.80. The van der Waals surface area contributed by atoms with Crippen molar-refractivity contribution in [1.82, 2.24) is 10.0 Å². The maximum atomic E-state index is 12.0. The lowest BCUT2D eigenvalue weighted by Gasteiger charge is -2.28. The fourth-order valence-corrected chi connectivity index (χ4v) is 3.88. The van der Waals surface area contributed by atoms with Crippen LogP contribution in [0.4, 0.5) is 0 Å². The number of sulfonamides is 1. The zero-order valence-corrected chi connectivity index (χ0v) is 14.5. The average molecular weight is 312 g/mol. The highest BCUT2D eigenvalue weighted by molar-refractivity contribution is 7.89. The van der Waals surface area contributed by atoms with Crippen LogP contribution < -0.4 is 10.0 Å². The Morgan fingerprint density at radius 3 is 2.00 bits per heavy atom. The van der Waals surface area contributed by atoms with E-state index in [9.17, 15) is 8.42 Å². The summed E-state index contributed by atoms with van der Waals surface area (Å²) in [5.41, 5.74) is 1.17. The molecule has 1 aromatic rings. The van der Waals surface area contributed by atoms with Crippen molar-refractivity contribution in [3.63, 3.8) is 0 Å². The van der Waals surface area contributed by atoms with Gasteiger partial charge in [-0.05, 0) is 37.1 Å². The molecule has 1 aromatic carbocycles. The Bertz CT molecular complexity index is 524. The van der Waals surface area contributed by atoms with Crippen molar-refractivity contribution in [3.05, 3.63) is 29.8 Å². The van der Waals surface area contributed by atoms with Gasteiger partial charge in [0.15, 0.2) is 0 Å². The smallest absolute Gasteiger partial charge is 0.240 e. The van der Waals surface area contributed by atoms with Gasteiger partial charge in [-0.15, -0.1) is 0 Å². The van der Waals surface area contributed by atoms with Gasteiger partial charge in [-0.1, -0.05) is 39.8 Å². The Kier molecular flexibility index (Phi) is 6.84. The lowest BCUT2D eigenvalue weighted by Crippen LogP contribution is -2.34. The van der Waals surface area contributed by atoms with Crippen LogP contribution in [-0.4, -0.2) is 27.5 Å². The molecule has 0 saturated heterocycles. The van der Waals surface area contributed by atoms with Gasteiger partial charge in [0.1, 0.15) is 0 Å². The first kappa shape index (κ1) is 18.1. The van der Waals surface area contributed by atoms with Gasteiger partial charge in [0.2, 0.25) is 10.0 Å². The molecule has 4 nitrogen and oxygen atoms in total. The molecule has 2 unspecified atom stereocenters. The lowest BCUT2D eigenvalue weighted by atomic mass is 9.83. The van der Waals surface area contributed by atoms with E-state index in [4.69, 9.17) is 0 Å². The first-order valence-electron chi connectivity index (χ1n) is 7.66. The molecule has 1 rings (SSSR count). The van der Waals surface area contributed by atoms with E-state index in [1.165, 1.54) is 5.56 Å². The van der Waals surface area contributed by atoms with Gasteiger partial charge in [0.05, 0.1) is 4.90 Å². The summed E-state index contributed by atoms with van der Waals surface area (Å²) in [5.74, 6) is 0.844. The van der Waals surface area contributed by atoms with Crippen LogP contribution >= 0.6 is 0 Å². The molecule has 0 fully saturated rings. The fourth-order valence-electron chi connectivity index (χ4n) is 2.84. The Hall–Kier alpha value is -0.910. The van der Waals surface area contributed by atoms with Gasteiger partial charge in [-0.25, -0.2) is 13.1 Å². The maximum absolute atomic E-state index is 12.0. The third-order valence-electron chi connectivity index (χ3n) is 3.69. The molecule has 5 heteroatoms. The highest BCUT2D eigenvalue weighted by Gasteiger charge is 2.22. The monoisotopic (exact) mass is 312 g/mol. The molecule has 0 aliphatic carbocycles. The van der Waals surface area contributed by atoms with Crippen LogP contribution in [0.2, 0.25) is 0 Å². The van der Waals surface area contributed by atoms with Crippen molar-refractivity contribution in [2.75, 3.05) is 13.1 Å². The summed E-state index contributed by atoms with van der Waals surface area (Å²) in [7, 11) is -3.37. The predicted octanol–water partition coefficient (Wildman–Crippen LogP) is 2.72. The minimum atomic E-state index is -3.37. The summed E-state index contributed by atoms with van der Waals surface area (Å²) < 4.78 is 26.4. The molecule has 0 radical (unpaired) electrons. The summed E-state index contributed by atoms with van der Waals surface area (Å²) in [6.07, 6.45) is 0. The van der Waals surface area contributed by atoms with Crippen LogP contribution in [0, 0.1) is 5.92 Å². The van der Waals surface area contributed by atoms with Crippen molar-refractivity contribution >= 4 is 10.0 Å². The fraction of sp³-hybridized carbons (Fsp3) is 0.625. The van der Waals surface area contributed by atoms with Gasteiger partial charge in [0.25, 0.3) is 0 Å². The van der Waals surface area contributed by atoms with Gasteiger partial charge in [-0.3, -0.25) is 0 Å². The Labute approximate surface area is 129 Å². The predicted molar refractivity (Wildman–Crippen MR) is 88.0 cm³/mol. The Morgan fingerprint density at radius 1 is 1.00 bits per heavy atom. The molecule has 0 aromatic heterocycles. The largest absolute Gasteiger partial charge is 0.314 e. The first-order valence-corrected chi connectivity index (χ1v) is 9.14. The third-order valence-corrected chi connectivity index (χ3v) is 5.25. The summed E-state index contributed by atoms with van der Waals surface area (Å²) in [6.45, 7) is 11.8. The number of hydrogen-bond acceptors (Lipinski definition) is 3. The van der Waals surface area contributed by atoms with E-state index in [2.05, 4.69) is 37.7 Å². The summed E-state index contributed by atoms with van der Waals surface area (Å²) in [4.78, 5) is 0.326. The van der Waals surface area contributed by atoms with E-state index >= 15 is 0 Å². The van der Waals surface area contributed by atoms with Crippen LogP contribution in [0.3, 0.4) is 0 Å². The standard InChI is InChI=1S/C16H28N2O2S/c1-6-17-13(5)16(12(3)4)14-8-10-15(11-9-14)21(19,20)18-7-2/h8-13,16-18H,6-7H2,1-5H3. The van der Waals surface area contributed by atoms with E-state index in [1.54, 1.807) is 19.1 Å². The molecule has 0 amide bonds. The molecule has 0 aliphatic heterocycles. The molecular formula is C16H28N2O2S. The first-order chi connectivity index (χ1) is 9.83. The highest BCUT2D eigenvalue weighted by atomic mass is 32.2.